The molecule has 3 N–H and O–H groups in total. The highest BCUT2D eigenvalue weighted by molar-refractivity contribution is 5.79. The van der Waals surface area contributed by atoms with E-state index in [4.69, 9.17) is 9.41 Å². The lowest BCUT2D eigenvalue weighted by molar-refractivity contribution is 0.137. The van der Waals surface area contributed by atoms with Gasteiger partial charge in [0, 0.05) is 26.2 Å². The van der Waals surface area contributed by atoms with Crippen LogP contribution in [0.15, 0.2) is 9.41 Å². The fourth-order valence-electron chi connectivity index (χ4n) is 5.00. The lowest BCUT2D eigenvalue weighted by Gasteiger charge is -2.36. The van der Waals surface area contributed by atoms with Gasteiger partial charge < -0.3 is 20.2 Å². The molecule has 176 valence electrons. The van der Waals surface area contributed by atoms with Gasteiger partial charge in [-0.3, -0.25) is 9.89 Å². The molecule has 2 heterocycles. The van der Waals surface area contributed by atoms with Crippen molar-refractivity contribution < 1.29 is 9.52 Å². The van der Waals surface area contributed by atoms with Gasteiger partial charge in [0.05, 0.1) is 12.2 Å². The molecule has 1 saturated heterocycles. The van der Waals surface area contributed by atoms with Crippen molar-refractivity contribution in [2.45, 2.75) is 78.7 Å². The maximum absolute atomic E-state index is 9.56. The molecule has 7 nitrogen and oxygen atoms in total. The molecule has 1 aromatic rings. The molecule has 3 rings (SSSR count). The number of guanidine groups is 1. The van der Waals surface area contributed by atoms with E-state index in [2.05, 4.69) is 27.4 Å². The van der Waals surface area contributed by atoms with E-state index in [0.29, 0.717) is 5.92 Å². The van der Waals surface area contributed by atoms with Crippen LogP contribution in [0.4, 0.5) is 0 Å². The highest BCUT2D eigenvalue weighted by Crippen LogP contribution is 2.39. The standard InChI is InChI=1S/C24H43N5O2/c1-4-25-23(27-18-24(12-15-30)10-6-5-7-11-24)26-16-21-8-13-29(14-9-21)17-22-28-19(2)20(3)31-22/h21,30H,4-18H2,1-3H3,(H2,25,26,27). The molecule has 1 saturated carbocycles. The first-order valence-electron chi connectivity index (χ1n) is 12.3. The largest absolute Gasteiger partial charge is 0.444 e. The van der Waals surface area contributed by atoms with Gasteiger partial charge in [-0.2, -0.15) is 0 Å². The van der Waals surface area contributed by atoms with Gasteiger partial charge in [-0.25, -0.2) is 4.98 Å². The molecule has 1 aromatic heterocycles. The van der Waals surface area contributed by atoms with Crippen LogP contribution in [0.2, 0.25) is 0 Å². The van der Waals surface area contributed by atoms with Crippen molar-refractivity contribution in [3.63, 3.8) is 0 Å². The van der Waals surface area contributed by atoms with Crippen LogP contribution >= 0.6 is 0 Å². The summed E-state index contributed by atoms with van der Waals surface area (Å²) in [7, 11) is 0. The summed E-state index contributed by atoms with van der Waals surface area (Å²) in [6, 6.07) is 0. The number of aliphatic hydroxyl groups is 1. The molecule has 1 aliphatic carbocycles. The van der Waals surface area contributed by atoms with Crippen LogP contribution in [0, 0.1) is 25.2 Å². The number of likely N-dealkylation sites (tertiary alicyclic amines) is 1. The second kappa shape index (κ2) is 11.9. The van der Waals surface area contributed by atoms with Crippen molar-refractivity contribution >= 4 is 5.96 Å². The third-order valence-corrected chi connectivity index (χ3v) is 7.17. The maximum atomic E-state index is 9.56. The molecular weight excluding hydrogens is 390 g/mol. The van der Waals surface area contributed by atoms with E-state index in [9.17, 15) is 5.11 Å². The molecule has 1 aliphatic heterocycles. The van der Waals surface area contributed by atoms with Crippen LogP contribution in [0.5, 0.6) is 0 Å². The predicted octanol–water partition coefficient (Wildman–Crippen LogP) is 3.39. The minimum absolute atomic E-state index is 0.192. The molecule has 0 spiro atoms. The Balaban J connectivity index is 1.45. The molecular formula is C24H43N5O2. The fraction of sp³-hybridized carbons (Fsp3) is 0.833. The lowest BCUT2D eigenvalue weighted by Crippen LogP contribution is -2.43. The minimum atomic E-state index is 0.192. The number of hydrogen-bond acceptors (Lipinski definition) is 5. The molecule has 2 aliphatic rings. The summed E-state index contributed by atoms with van der Waals surface area (Å²) in [6.07, 6.45) is 9.48. The topological polar surface area (TPSA) is 85.9 Å². The van der Waals surface area contributed by atoms with E-state index in [0.717, 1.165) is 69.0 Å². The van der Waals surface area contributed by atoms with Gasteiger partial charge in [-0.15, -0.1) is 0 Å². The Kier molecular flexibility index (Phi) is 9.20. The summed E-state index contributed by atoms with van der Waals surface area (Å²) in [5, 5.41) is 16.6. The number of oxazole rings is 1. The van der Waals surface area contributed by atoms with Crippen LogP contribution < -0.4 is 10.6 Å². The van der Waals surface area contributed by atoms with Gasteiger partial charge in [0.25, 0.3) is 0 Å². The number of aromatic nitrogens is 1. The predicted molar refractivity (Wildman–Crippen MR) is 125 cm³/mol. The van der Waals surface area contributed by atoms with Gasteiger partial charge >= 0.3 is 0 Å². The monoisotopic (exact) mass is 433 g/mol. The van der Waals surface area contributed by atoms with Crippen LogP contribution in [0.25, 0.3) is 0 Å². The molecule has 7 heteroatoms. The van der Waals surface area contributed by atoms with Crippen molar-refractivity contribution in [3.05, 3.63) is 17.3 Å². The van der Waals surface area contributed by atoms with E-state index in [-0.39, 0.29) is 12.0 Å². The first kappa shape index (κ1) is 24.1. The Morgan fingerprint density at radius 3 is 2.55 bits per heavy atom. The van der Waals surface area contributed by atoms with Gasteiger partial charge in [0.1, 0.15) is 5.76 Å². The van der Waals surface area contributed by atoms with Gasteiger partial charge in [-0.1, -0.05) is 19.3 Å². The van der Waals surface area contributed by atoms with Crippen LogP contribution in [-0.2, 0) is 6.54 Å². The average Bonchev–Trinajstić information content (AvgIpc) is 3.09. The molecule has 0 bridgehead atoms. The summed E-state index contributed by atoms with van der Waals surface area (Å²) in [6.45, 7) is 12.0. The number of nitrogens with zero attached hydrogens (tertiary/aromatic N) is 3. The highest BCUT2D eigenvalue weighted by atomic mass is 16.4. The first-order chi connectivity index (χ1) is 15.0. The number of aliphatic imine (C=N–C) groups is 1. The Bertz CT molecular complexity index is 663. The Morgan fingerprint density at radius 2 is 1.94 bits per heavy atom. The number of piperidine rings is 1. The number of hydrogen-bond donors (Lipinski definition) is 3. The quantitative estimate of drug-likeness (QED) is 0.409. The third-order valence-electron chi connectivity index (χ3n) is 7.17. The zero-order valence-electron chi connectivity index (χ0n) is 19.9. The third kappa shape index (κ3) is 7.21. The normalized spacial score (nSPS) is 20.7. The second-order valence-corrected chi connectivity index (χ2v) is 9.58. The van der Waals surface area contributed by atoms with Gasteiger partial charge in [0.2, 0.25) is 5.89 Å². The van der Waals surface area contributed by atoms with Crippen LogP contribution in [0.3, 0.4) is 0 Å². The van der Waals surface area contributed by atoms with Crippen molar-refractivity contribution in [1.29, 1.82) is 0 Å². The van der Waals surface area contributed by atoms with Crippen molar-refractivity contribution in [1.82, 2.24) is 20.5 Å². The van der Waals surface area contributed by atoms with Crippen LogP contribution in [-0.4, -0.2) is 60.3 Å². The van der Waals surface area contributed by atoms with E-state index < -0.39 is 0 Å². The second-order valence-electron chi connectivity index (χ2n) is 9.58. The Hall–Kier alpha value is -1.60. The van der Waals surface area contributed by atoms with Crippen LogP contribution in [0.1, 0.15) is 75.6 Å². The number of nitrogens with one attached hydrogen (secondary N) is 2. The number of aryl methyl sites for hydroxylation is 2. The summed E-state index contributed by atoms with van der Waals surface area (Å²) in [5.41, 5.74) is 1.19. The van der Waals surface area contributed by atoms with E-state index in [1.54, 1.807) is 0 Å². The molecule has 31 heavy (non-hydrogen) atoms. The van der Waals surface area contributed by atoms with E-state index in [1.807, 2.05) is 13.8 Å². The summed E-state index contributed by atoms with van der Waals surface area (Å²) < 4.78 is 5.75. The maximum Gasteiger partial charge on any atom is 0.208 e. The average molecular weight is 434 g/mol. The zero-order chi connectivity index (χ0) is 22.1. The fourth-order valence-corrected chi connectivity index (χ4v) is 5.00. The van der Waals surface area contributed by atoms with Gasteiger partial charge in [0.15, 0.2) is 5.96 Å². The molecule has 0 radical (unpaired) electrons. The molecule has 0 atom stereocenters. The Labute approximate surface area is 188 Å². The zero-order valence-corrected chi connectivity index (χ0v) is 19.9. The van der Waals surface area contributed by atoms with Gasteiger partial charge in [-0.05, 0) is 77.3 Å². The molecule has 0 aromatic carbocycles. The smallest absolute Gasteiger partial charge is 0.208 e. The number of rotatable bonds is 9. The molecule has 0 amide bonds. The lowest BCUT2D eigenvalue weighted by atomic mass is 9.72. The molecule has 2 fully saturated rings. The summed E-state index contributed by atoms with van der Waals surface area (Å²) in [5.74, 6) is 3.36. The van der Waals surface area contributed by atoms with Crippen molar-refractivity contribution in [2.24, 2.45) is 16.3 Å². The molecule has 0 unspecified atom stereocenters. The minimum Gasteiger partial charge on any atom is -0.444 e. The number of aliphatic hydroxyl groups excluding tert-OH is 1. The van der Waals surface area contributed by atoms with Crippen molar-refractivity contribution in [3.8, 4) is 0 Å². The SMILES string of the molecule is CCNC(=NCC1(CCO)CCCCC1)NCC1CCN(Cc2nc(C)c(C)o2)CC1. The Morgan fingerprint density at radius 1 is 1.19 bits per heavy atom. The summed E-state index contributed by atoms with van der Waals surface area (Å²) >= 11 is 0. The van der Waals surface area contributed by atoms with E-state index in [1.165, 1.54) is 44.9 Å². The van der Waals surface area contributed by atoms with E-state index >= 15 is 0 Å². The first-order valence-corrected chi connectivity index (χ1v) is 12.3. The summed E-state index contributed by atoms with van der Waals surface area (Å²) in [4.78, 5) is 11.9. The van der Waals surface area contributed by atoms with Crippen molar-refractivity contribution in [2.75, 3.05) is 39.3 Å². The highest BCUT2D eigenvalue weighted by Gasteiger charge is 2.31.